The summed E-state index contributed by atoms with van der Waals surface area (Å²) in [6.45, 7) is 0. The van der Waals surface area contributed by atoms with E-state index < -0.39 is 17.3 Å². The second kappa shape index (κ2) is 8.67. The van der Waals surface area contributed by atoms with Gasteiger partial charge in [0.05, 0.1) is 11.3 Å². The van der Waals surface area contributed by atoms with Gasteiger partial charge in [0.25, 0.3) is 0 Å². The van der Waals surface area contributed by atoms with E-state index in [1.807, 2.05) is 71.5 Å². The molecular weight excluding hydrogens is 433 g/mol. The Morgan fingerprint density at radius 3 is 1.35 bits per heavy atom. The summed E-state index contributed by atoms with van der Waals surface area (Å²) in [5.41, 5.74) is 2.84. The van der Waals surface area contributed by atoms with Crippen molar-refractivity contribution in [1.29, 1.82) is 0 Å². The predicted octanol–water partition coefficient (Wildman–Crippen LogP) is 7.41. The third kappa shape index (κ3) is 3.79. The van der Waals surface area contributed by atoms with Crippen molar-refractivity contribution < 1.29 is 13.2 Å². The lowest BCUT2D eigenvalue weighted by Crippen LogP contribution is -2.38. The first-order valence-corrected chi connectivity index (χ1v) is 10.9. The van der Waals surface area contributed by atoms with E-state index in [1.165, 1.54) is 12.1 Å². The molecule has 1 aromatic heterocycles. The first-order valence-electron chi connectivity index (χ1n) is 10.9. The largest absolute Gasteiger partial charge is 0.416 e. The summed E-state index contributed by atoms with van der Waals surface area (Å²) >= 11 is 0. The van der Waals surface area contributed by atoms with Crippen molar-refractivity contribution in [2.24, 2.45) is 0 Å². The molecule has 5 rings (SSSR count). The van der Waals surface area contributed by atoms with Gasteiger partial charge in [-0.15, -0.1) is 0 Å². The highest BCUT2D eigenvalue weighted by molar-refractivity contribution is 5.60. The van der Waals surface area contributed by atoms with Crippen molar-refractivity contribution in [3.63, 3.8) is 0 Å². The predicted molar refractivity (Wildman–Crippen MR) is 127 cm³/mol. The molecule has 1 heterocycles. The van der Waals surface area contributed by atoms with Crippen LogP contribution in [0.4, 0.5) is 13.2 Å². The maximum atomic E-state index is 13.0. The van der Waals surface area contributed by atoms with E-state index in [-0.39, 0.29) is 0 Å². The van der Waals surface area contributed by atoms with E-state index in [0.717, 1.165) is 28.8 Å². The number of aromatic nitrogens is 2. The van der Waals surface area contributed by atoms with Crippen LogP contribution in [0.2, 0.25) is 0 Å². The Morgan fingerprint density at radius 2 is 0.941 bits per heavy atom. The molecule has 0 radical (unpaired) electrons. The van der Waals surface area contributed by atoms with Gasteiger partial charge in [-0.25, -0.2) is 0 Å². The van der Waals surface area contributed by atoms with Crippen molar-refractivity contribution in [1.82, 2.24) is 9.78 Å². The fourth-order valence-corrected chi connectivity index (χ4v) is 4.43. The van der Waals surface area contributed by atoms with Gasteiger partial charge in [0.15, 0.2) is 0 Å². The summed E-state index contributed by atoms with van der Waals surface area (Å²) in [6.07, 6.45) is -2.49. The SMILES string of the molecule is FC(F)(F)c1ccc(-c2ccn(C(c3ccccc3)(c3ccccc3)c3ccccc3)n2)cc1. The molecule has 34 heavy (non-hydrogen) atoms. The topological polar surface area (TPSA) is 17.8 Å². The first-order chi connectivity index (χ1) is 16.5. The van der Waals surface area contributed by atoms with Gasteiger partial charge in [-0.2, -0.15) is 18.3 Å². The Balaban J connectivity index is 1.72. The lowest BCUT2D eigenvalue weighted by Gasteiger charge is -2.36. The van der Waals surface area contributed by atoms with Gasteiger partial charge in [-0.3, -0.25) is 4.68 Å². The number of rotatable bonds is 5. The van der Waals surface area contributed by atoms with Gasteiger partial charge in [-0.05, 0) is 34.9 Å². The van der Waals surface area contributed by atoms with Crippen molar-refractivity contribution in [3.8, 4) is 11.3 Å². The molecule has 0 unspecified atom stereocenters. The monoisotopic (exact) mass is 454 g/mol. The van der Waals surface area contributed by atoms with Crippen LogP contribution in [0.15, 0.2) is 128 Å². The average molecular weight is 454 g/mol. The van der Waals surface area contributed by atoms with E-state index in [0.29, 0.717) is 11.3 Å². The zero-order valence-electron chi connectivity index (χ0n) is 18.2. The van der Waals surface area contributed by atoms with Gasteiger partial charge in [-0.1, -0.05) is 103 Å². The number of hydrogen-bond donors (Lipinski definition) is 0. The van der Waals surface area contributed by atoms with Crippen molar-refractivity contribution >= 4 is 0 Å². The molecule has 0 atom stereocenters. The molecule has 5 aromatic rings. The Morgan fingerprint density at radius 1 is 0.500 bits per heavy atom. The van der Waals surface area contributed by atoms with Crippen LogP contribution in [0.5, 0.6) is 0 Å². The third-order valence-corrected chi connectivity index (χ3v) is 6.02. The van der Waals surface area contributed by atoms with Crippen molar-refractivity contribution in [3.05, 3.63) is 150 Å². The minimum Gasteiger partial charge on any atom is -0.253 e. The maximum Gasteiger partial charge on any atom is 0.416 e. The molecule has 4 aromatic carbocycles. The quantitative estimate of drug-likeness (QED) is 0.253. The van der Waals surface area contributed by atoms with E-state index in [1.54, 1.807) is 0 Å². The summed E-state index contributed by atoms with van der Waals surface area (Å²) in [5, 5.41) is 4.91. The summed E-state index contributed by atoms with van der Waals surface area (Å²) in [6, 6.07) is 37.3. The smallest absolute Gasteiger partial charge is 0.253 e. The standard InChI is InChI=1S/C29H21F3N2/c30-29(31,32)26-18-16-22(17-19-26)27-20-21-34(33-27)28(23-10-4-1-5-11-23,24-12-6-2-7-13-24)25-14-8-3-9-15-25/h1-21H. The van der Waals surface area contributed by atoms with E-state index in [4.69, 9.17) is 5.10 Å². The van der Waals surface area contributed by atoms with Crippen LogP contribution in [0.1, 0.15) is 22.3 Å². The van der Waals surface area contributed by atoms with Gasteiger partial charge in [0.2, 0.25) is 0 Å². The molecule has 0 aliphatic carbocycles. The van der Waals surface area contributed by atoms with Gasteiger partial charge in [0, 0.05) is 11.8 Å². The summed E-state index contributed by atoms with van der Waals surface area (Å²) in [4.78, 5) is 0. The van der Waals surface area contributed by atoms with E-state index in [2.05, 4.69) is 36.4 Å². The second-order valence-electron chi connectivity index (χ2n) is 8.03. The van der Waals surface area contributed by atoms with E-state index in [9.17, 15) is 13.2 Å². The third-order valence-electron chi connectivity index (χ3n) is 6.02. The zero-order chi connectivity index (χ0) is 23.6. The molecule has 0 aliphatic heterocycles. The number of benzene rings is 4. The lowest BCUT2D eigenvalue weighted by molar-refractivity contribution is -0.137. The molecular formula is C29H21F3N2. The van der Waals surface area contributed by atoms with Gasteiger partial charge in [0.1, 0.15) is 5.54 Å². The highest BCUT2D eigenvalue weighted by Gasteiger charge is 2.39. The minimum absolute atomic E-state index is 0.598. The Kier molecular flexibility index (Phi) is 5.54. The van der Waals surface area contributed by atoms with Crippen LogP contribution in [0.3, 0.4) is 0 Å². The highest BCUT2D eigenvalue weighted by Crippen LogP contribution is 2.41. The van der Waals surface area contributed by atoms with Crippen LogP contribution in [0.25, 0.3) is 11.3 Å². The first kappa shape index (κ1) is 21.7. The Bertz CT molecular complexity index is 1260. The van der Waals surface area contributed by atoms with Crippen molar-refractivity contribution in [2.75, 3.05) is 0 Å². The van der Waals surface area contributed by atoms with Crippen LogP contribution in [0, 0.1) is 0 Å². The van der Waals surface area contributed by atoms with E-state index >= 15 is 0 Å². The Labute approximate surface area is 195 Å². The minimum atomic E-state index is -4.37. The number of hydrogen-bond acceptors (Lipinski definition) is 1. The zero-order valence-corrected chi connectivity index (χ0v) is 18.2. The Hall–Kier alpha value is -4.12. The normalized spacial score (nSPS) is 12.0. The summed E-state index contributed by atoms with van der Waals surface area (Å²) in [5.74, 6) is 0. The molecule has 0 saturated carbocycles. The molecule has 0 amide bonds. The summed E-state index contributed by atoms with van der Waals surface area (Å²) in [7, 11) is 0. The van der Waals surface area contributed by atoms with Crippen LogP contribution >= 0.6 is 0 Å². The second-order valence-corrected chi connectivity index (χ2v) is 8.03. The number of nitrogens with zero attached hydrogens (tertiary/aromatic N) is 2. The van der Waals surface area contributed by atoms with Gasteiger partial charge >= 0.3 is 6.18 Å². The number of alkyl halides is 3. The number of halogens is 3. The molecule has 0 aliphatic rings. The molecule has 0 N–H and O–H groups in total. The fourth-order valence-electron chi connectivity index (χ4n) is 4.43. The van der Waals surface area contributed by atoms with Crippen molar-refractivity contribution in [2.45, 2.75) is 11.7 Å². The molecule has 0 saturated heterocycles. The molecule has 0 spiro atoms. The summed E-state index contributed by atoms with van der Waals surface area (Å²) < 4.78 is 41.0. The maximum absolute atomic E-state index is 13.0. The highest BCUT2D eigenvalue weighted by atomic mass is 19.4. The lowest BCUT2D eigenvalue weighted by atomic mass is 9.77. The molecule has 168 valence electrons. The molecule has 5 heteroatoms. The average Bonchev–Trinajstić information content (AvgIpc) is 3.37. The molecule has 2 nitrogen and oxygen atoms in total. The molecule has 0 fully saturated rings. The fraction of sp³-hybridized carbons (Fsp3) is 0.0690. The van der Waals surface area contributed by atoms with Crippen LogP contribution in [-0.4, -0.2) is 9.78 Å². The van der Waals surface area contributed by atoms with Gasteiger partial charge < -0.3 is 0 Å². The van der Waals surface area contributed by atoms with Crippen LogP contribution in [-0.2, 0) is 11.7 Å². The van der Waals surface area contributed by atoms with Crippen LogP contribution < -0.4 is 0 Å². The molecule has 0 bridgehead atoms.